The first kappa shape index (κ1) is 15.7. The topological polar surface area (TPSA) is 113 Å². The van der Waals surface area contributed by atoms with Gasteiger partial charge >= 0.3 is 5.97 Å². The number of methoxy groups -OCH3 is 1. The molecule has 1 unspecified atom stereocenters. The summed E-state index contributed by atoms with van der Waals surface area (Å²) in [6.45, 7) is 2.84. The number of nitrogens with one attached hydrogen (secondary N) is 3. The number of rotatable bonds is 6. The number of ether oxygens (including phenoxy) is 1. The predicted octanol–water partition coefficient (Wildman–Crippen LogP) is -0.865. The van der Waals surface area contributed by atoms with Crippen LogP contribution in [0, 0.1) is 0 Å². The highest BCUT2D eigenvalue weighted by molar-refractivity contribution is 5.90. The van der Waals surface area contributed by atoms with Crippen LogP contribution in [0.2, 0.25) is 0 Å². The van der Waals surface area contributed by atoms with E-state index in [9.17, 15) is 14.4 Å². The number of esters is 1. The number of aromatic amines is 1. The Kier molecular flexibility index (Phi) is 5.70. The average molecular weight is 282 g/mol. The van der Waals surface area contributed by atoms with Gasteiger partial charge in [0.2, 0.25) is 11.8 Å². The molecule has 0 saturated heterocycles. The lowest BCUT2D eigenvalue weighted by atomic mass is 10.1. The number of carbonyl (C=O) groups excluding carboxylic acids is 3. The molecule has 3 N–H and O–H groups in total. The molecule has 0 bridgehead atoms. The van der Waals surface area contributed by atoms with Crippen LogP contribution in [0.3, 0.4) is 0 Å². The number of hydrogen-bond donors (Lipinski definition) is 3. The van der Waals surface area contributed by atoms with Crippen molar-refractivity contribution in [2.24, 2.45) is 0 Å². The molecule has 0 radical (unpaired) electrons. The lowest BCUT2D eigenvalue weighted by molar-refractivity contribution is -0.145. The van der Waals surface area contributed by atoms with Gasteiger partial charge in [0, 0.05) is 25.2 Å². The van der Waals surface area contributed by atoms with Crippen molar-refractivity contribution in [1.29, 1.82) is 0 Å². The summed E-state index contributed by atoms with van der Waals surface area (Å²) in [4.78, 5) is 41.1. The van der Waals surface area contributed by atoms with E-state index in [-0.39, 0.29) is 12.3 Å². The number of amides is 2. The first-order valence-electron chi connectivity index (χ1n) is 6.06. The van der Waals surface area contributed by atoms with Gasteiger partial charge in [0.1, 0.15) is 12.1 Å². The Labute approximate surface area is 116 Å². The summed E-state index contributed by atoms with van der Waals surface area (Å²) in [5.41, 5.74) is 0.688. The summed E-state index contributed by atoms with van der Waals surface area (Å²) in [7, 11) is 1.24. The molecule has 0 aliphatic rings. The minimum Gasteiger partial charge on any atom is -0.467 e. The summed E-state index contributed by atoms with van der Waals surface area (Å²) >= 11 is 0. The Bertz CT molecular complexity index is 472. The van der Waals surface area contributed by atoms with Crippen molar-refractivity contribution in [1.82, 2.24) is 20.6 Å². The van der Waals surface area contributed by atoms with Crippen molar-refractivity contribution >= 4 is 17.8 Å². The van der Waals surface area contributed by atoms with Crippen LogP contribution in [0.25, 0.3) is 0 Å². The zero-order chi connectivity index (χ0) is 15.1. The summed E-state index contributed by atoms with van der Waals surface area (Å²) in [6, 6.07) is -1.58. The van der Waals surface area contributed by atoms with Crippen molar-refractivity contribution in [3.05, 3.63) is 18.2 Å². The number of imidazole rings is 1. The first-order chi connectivity index (χ1) is 9.43. The first-order valence-corrected chi connectivity index (χ1v) is 6.06. The standard InChI is InChI=1S/C12H18N4O4/c1-7(15-8(2)17)11(18)16-10(12(19)20-3)4-9-5-13-6-14-9/h5-7,10H,4H2,1-3H3,(H,13,14)(H,15,17)(H,16,18)/t7?,10-/m0/s1. The number of hydrogen-bond acceptors (Lipinski definition) is 5. The predicted molar refractivity (Wildman–Crippen MR) is 69.5 cm³/mol. The normalized spacial score (nSPS) is 13.2. The lowest BCUT2D eigenvalue weighted by Gasteiger charge is -2.19. The van der Waals surface area contributed by atoms with Crippen LogP contribution < -0.4 is 10.6 Å². The van der Waals surface area contributed by atoms with Crippen molar-refractivity contribution in [3.63, 3.8) is 0 Å². The van der Waals surface area contributed by atoms with Gasteiger partial charge in [-0.05, 0) is 6.92 Å². The van der Waals surface area contributed by atoms with Crippen LogP contribution in [0.1, 0.15) is 19.5 Å². The Morgan fingerprint density at radius 3 is 2.60 bits per heavy atom. The number of aromatic nitrogens is 2. The van der Waals surface area contributed by atoms with E-state index in [0.717, 1.165) is 0 Å². The van der Waals surface area contributed by atoms with Crippen molar-refractivity contribution in [3.8, 4) is 0 Å². The summed E-state index contributed by atoms with van der Waals surface area (Å²) in [6.07, 6.45) is 3.26. The van der Waals surface area contributed by atoms with Crippen LogP contribution in [0.15, 0.2) is 12.5 Å². The molecule has 2 amide bonds. The second kappa shape index (κ2) is 7.27. The molecular formula is C12H18N4O4. The largest absolute Gasteiger partial charge is 0.467 e. The number of carbonyl (C=O) groups is 3. The van der Waals surface area contributed by atoms with Gasteiger partial charge in [0.05, 0.1) is 13.4 Å². The maximum absolute atomic E-state index is 11.9. The van der Waals surface area contributed by atoms with E-state index in [1.165, 1.54) is 27.3 Å². The van der Waals surface area contributed by atoms with Gasteiger partial charge in [-0.2, -0.15) is 0 Å². The molecular weight excluding hydrogens is 264 g/mol. The maximum Gasteiger partial charge on any atom is 0.328 e. The number of H-pyrrole nitrogens is 1. The molecule has 1 heterocycles. The third-order valence-corrected chi connectivity index (χ3v) is 2.59. The smallest absolute Gasteiger partial charge is 0.328 e. The summed E-state index contributed by atoms with van der Waals surface area (Å²) in [5.74, 6) is -1.35. The molecule has 2 atom stereocenters. The highest BCUT2D eigenvalue weighted by Gasteiger charge is 2.25. The minimum atomic E-state index is -0.843. The van der Waals surface area contributed by atoms with Crippen LogP contribution in [0.4, 0.5) is 0 Å². The fourth-order valence-corrected chi connectivity index (χ4v) is 1.62. The molecule has 1 aromatic rings. The van der Waals surface area contributed by atoms with Gasteiger partial charge in [-0.3, -0.25) is 9.59 Å². The summed E-state index contributed by atoms with van der Waals surface area (Å²) < 4.78 is 4.65. The van der Waals surface area contributed by atoms with E-state index in [1.54, 1.807) is 6.20 Å². The molecule has 0 fully saturated rings. The van der Waals surface area contributed by atoms with Gasteiger partial charge in [-0.15, -0.1) is 0 Å². The van der Waals surface area contributed by atoms with Crippen LogP contribution in [-0.2, 0) is 25.5 Å². The molecule has 1 rings (SSSR count). The third kappa shape index (κ3) is 4.71. The van der Waals surface area contributed by atoms with Crippen LogP contribution in [0.5, 0.6) is 0 Å². The zero-order valence-corrected chi connectivity index (χ0v) is 11.6. The molecule has 1 aromatic heterocycles. The fourth-order valence-electron chi connectivity index (χ4n) is 1.62. The van der Waals surface area contributed by atoms with Gasteiger partial charge in [-0.1, -0.05) is 0 Å². The van der Waals surface area contributed by atoms with E-state index >= 15 is 0 Å². The minimum absolute atomic E-state index is 0.227. The molecule has 0 aliphatic carbocycles. The van der Waals surface area contributed by atoms with Gasteiger partial charge < -0.3 is 20.4 Å². The second-order valence-electron chi connectivity index (χ2n) is 4.29. The molecule has 20 heavy (non-hydrogen) atoms. The van der Waals surface area contributed by atoms with Gasteiger partial charge in [-0.25, -0.2) is 9.78 Å². The quantitative estimate of drug-likeness (QED) is 0.587. The van der Waals surface area contributed by atoms with Crippen LogP contribution >= 0.6 is 0 Å². The zero-order valence-electron chi connectivity index (χ0n) is 11.6. The Morgan fingerprint density at radius 2 is 2.10 bits per heavy atom. The van der Waals surface area contributed by atoms with E-state index in [1.807, 2.05) is 0 Å². The van der Waals surface area contributed by atoms with Crippen molar-refractivity contribution in [2.75, 3.05) is 7.11 Å². The highest BCUT2D eigenvalue weighted by atomic mass is 16.5. The van der Waals surface area contributed by atoms with E-state index in [2.05, 4.69) is 25.3 Å². The van der Waals surface area contributed by atoms with E-state index < -0.39 is 24.0 Å². The SMILES string of the molecule is COC(=O)[C@H](Cc1cnc[nH]1)NC(=O)C(C)NC(C)=O. The van der Waals surface area contributed by atoms with Gasteiger partial charge in [0.15, 0.2) is 0 Å². The molecule has 0 aromatic carbocycles. The third-order valence-electron chi connectivity index (χ3n) is 2.59. The second-order valence-corrected chi connectivity index (χ2v) is 4.29. The van der Waals surface area contributed by atoms with Crippen molar-refractivity contribution in [2.45, 2.75) is 32.4 Å². The molecule has 8 heteroatoms. The number of nitrogens with zero attached hydrogens (tertiary/aromatic N) is 1. The lowest BCUT2D eigenvalue weighted by Crippen LogP contribution is -2.51. The molecule has 0 saturated carbocycles. The summed E-state index contributed by atoms with van der Waals surface area (Å²) in [5, 5.41) is 4.98. The van der Waals surface area contributed by atoms with Crippen molar-refractivity contribution < 1.29 is 19.1 Å². The Morgan fingerprint density at radius 1 is 1.40 bits per heavy atom. The fraction of sp³-hybridized carbons (Fsp3) is 0.500. The maximum atomic E-state index is 11.9. The van der Waals surface area contributed by atoms with Gasteiger partial charge in [0.25, 0.3) is 0 Å². The Balaban J connectivity index is 2.67. The van der Waals surface area contributed by atoms with E-state index in [4.69, 9.17) is 0 Å². The molecule has 0 spiro atoms. The highest BCUT2D eigenvalue weighted by Crippen LogP contribution is 2.01. The molecule has 0 aliphatic heterocycles. The molecule has 8 nitrogen and oxygen atoms in total. The van der Waals surface area contributed by atoms with E-state index in [0.29, 0.717) is 5.69 Å². The Hall–Kier alpha value is -2.38. The monoisotopic (exact) mass is 282 g/mol. The average Bonchev–Trinajstić information content (AvgIpc) is 2.89. The molecule has 110 valence electrons. The van der Waals surface area contributed by atoms with Crippen LogP contribution in [-0.4, -0.2) is 46.9 Å².